The van der Waals surface area contributed by atoms with E-state index in [2.05, 4.69) is 48.8 Å². The van der Waals surface area contributed by atoms with E-state index in [0.29, 0.717) is 18.2 Å². The predicted octanol–water partition coefficient (Wildman–Crippen LogP) is 2.87. The highest BCUT2D eigenvalue weighted by Gasteiger charge is 2.11. The molecule has 5 nitrogen and oxygen atoms in total. The van der Waals surface area contributed by atoms with Crippen molar-refractivity contribution in [2.75, 3.05) is 14.1 Å². The smallest absolute Gasteiger partial charge is 0.244 e. The highest BCUT2D eigenvalue weighted by Crippen LogP contribution is 2.22. The standard InChI is InChI=1S/C24H27ClN4O/c1-18-22(24(25)29(27-18)17-20-7-5-4-6-8-20)13-14-23(30)26-15-19-9-11-21(12-10-19)16-28(2)3/h4-14H,15-17H2,1-3H3,(H,26,30)/p+1/b14-13+. The molecule has 3 aromatic rings. The van der Waals surface area contributed by atoms with E-state index >= 15 is 0 Å². The summed E-state index contributed by atoms with van der Waals surface area (Å²) >= 11 is 6.50. The first-order valence-electron chi connectivity index (χ1n) is 10.0. The highest BCUT2D eigenvalue weighted by molar-refractivity contribution is 6.31. The van der Waals surface area contributed by atoms with E-state index in [9.17, 15) is 4.79 Å². The number of aryl methyl sites for hydroxylation is 1. The first kappa shape index (κ1) is 21.8. The summed E-state index contributed by atoms with van der Waals surface area (Å²) in [5.41, 5.74) is 5.02. The van der Waals surface area contributed by atoms with Gasteiger partial charge in [0.1, 0.15) is 11.7 Å². The highest BCUT2D eigenvalue weighted by atomic mass is 35.5. The van der Waals surface area contributed by atoms with Crippen molar-refractivity contribution in [3.63, 3.8) is 0 Å². The Morgan fingerprint density at radius 1 is 1.07 bits per heavy atom. The second-order valence-corrected chi connectivity index (χ2v) is 8.04. The molecule has 156 valence electrons. The lowest BCUT2D eigenvalue weighted by Gasteiger charge is -2.08. The van der Waals surface area contributed by atoms with Crippen LogP contribution in [0.15, 0.2) is 60.7 Å². The average molecular weight is 424 g/mol. The lowest BCUT2D eigenvalue weighted by atomic mass is 10.1. The van der Waals surface area contributed by atoms with Gasteiger partial charge in [0.05, 0.1) is 26.3 Å². The minimum atomic E-state index is -0.164. The number of carbonyl (C=O) groups excluding carboxylic acids is 1. The van der Waals surface area contributed by atoms with Gasteiger partial charge in [0.25, 0.3) is 0 Å². The number of hydrogen-bond donors (Lipinski definition) is 2. The van der Waals surface area contributed by atoms with Gasteiger partial charge in [0.15, 0.2) is 0 Å². The molecule has 1 amide bonds. The summed E-state index contributed by atoms with van der Waals surface area (Å²) in [4.78, 5) is 13.6. The lowest BCUT2D eigenvalue weighted by molar-refractivity contribution is -0.872. The van der Waals surface area contributed by atoms with Crippen LogP contribution in [0.4, 0.5) is 0 Å². The van der Waals surface area contributed by atoms with Gasteiger partial charge in [-0.1, -0.05) is 66.2 Å². The van der Waals surface area contributed by atoms with E-state index in [0.717, 1.165) is 28.9 Å². The molecule has 1 heterocycles. The van der Waals surface area contributed by atoms with E-state index in [1.807, 2.05) is 37.3 Å². The van der Waals surface area contributed by atoms with Gasteiger partial charge in [-0.05, 0) is 24.1 Å². The largest absolute Gasteiger partial charge is 0.348 e. The molecule has 0 aliphatic rings. The molecule has 0 bridgehead atoms. The van der Waals surface area contributed by atoms with E-state index in [1.165, 1.54) is 16.5 Å². The van der Waals surface area contributed by atoms with E-state index in [-0.39, 0.29) is 5.91 Å². The fraction of sp³-hybridized carbons (Fsp3) is 0.250. The van der Waals surface area contributed by atoms with Gasteiger partial charge in [-0.3, -0.25) is 4.79 Å². The van der Waals surface area contributed by atoms with Gasteiger partial charge in [0, 0.05) is 23.7 Å². The molecule has 0 aliphatic heterocycles. The molecule has 0 radical (unpaired) electrons. The number of aromatic nitrogens is 2. The van der Waals surface area contributed by atoms with E-state index < -0.39 is 0 Å². The van der Waals surface area contributed by atoms with Crippen molar-refractivity contribution < 1.29 is 9.69 Å². The van der Waals surface area contributed by atoms with Gasteiger partial charge >= 0.3 is 0 Å². The third kappa shape index (κ3) is 6.05. The number of rotatable bonds is 8. The van der Waals surface area contributed by atoms with Gasteiger partial charge in [0.2, 0.25) is 5.91 Å². The van der Waals surface area contributed by atoms with Crippen molar-refractivity contribution >= 4 is 23.6 Å². The molecule has 3 rings (SSSR count). The summed E-state index contributed by atoms with van der Waals surface area (Å²) in [5, 5.41) is 7.95. The van der Waals surface area contributed by atoms with Crippen molar-refractivity contribution in [1.29, 1.82) is 0 Å². The maximum absolute atomic E-state index is 12.3. The molecule has 0 aliphatic carbocycles. The van der Waals surface area contributed by atoms with Crippen molar-refractivity contribution in [2.24, 2.45) is 0 Å². The number of halogens is 1. The summed E-state index contributed by atoms with van der Waals surface area (Å²) in [6, 6.07) is 18.3. The summed E-state index contributed by atoms with van der Waals surface area (Å²) in [6.45, 7) is 3.94. The Balaban J connectivity index is 1.58. The van der Waals surface area contributed by atoms with Crippen LogP contribution in [-0.2, 0) is 24.4 Å². The SMILES string of the molecule is Cc1nn(Cc2ccccc2)c(Cl)c1/C=C/C(=O)NCc1ccc(C[NH+](C)C)cc1. The van der Waals surface area contributed by atoms with Crippen LogP contribution >= 0.6 is 11.6 Å². The minimum absolute atomic E-state index is 0.164. The van der Waals surface area contributed by atoms with Crippen LogP contribution in [0.25, 0.3) is 6.08 Å². The first-order chi connectivity index (χ1) is 14.4. The van der Waals surface area contributed by atoms with Crippen LogP contribution in [-0.4, -0.2) is 29.8 Å². The van der Waals surface area contributed by atoms with Gasteiger partial charge in [-0.15, -0.1) is 0 Å². The molecule has 2 N–H and O–H groups in total. The predicted molar refractivity (Wildman–Crippen MR) is 121 cm³/mol. The van der Waals surface area contributed by atoms with Crippen LogP contribution < -0.4 is 10.2 Å². The first-order valence-corrected chi connectivity index (χ1v) is 10.4. The van der Waals surface area contributed by atoms with E-state index in [1.54, 1.807) is 10.8 Å². The topological polar surface area (TPSA) is 51.4 Å². The van der Waals surface area contributed by atoms with Crippen molar-refractivity contribution in [1.82, 2.24) is 15.1 Å². The third-order valence-corrected chi connectivity index (χ3v) is 5.13. The Kier molecular flexibility index (Phi) is 7.44. The molecule has 30 heavy (non-hydrogen) atoms. The number of quaternary nitrogens is 1. The summed E-state index contributed by atoms with van der Waals surface area (Å²) < 4.78 is 1.75. The second-order valence-electron chi connectivity index (χ2n) is 7.68. The molecule has 0 saturated heterocycles. The molecule has 0 atom stereocenters. The lowest BCUT2D eigenvalue weighted by Crippen LogP contribution is -3.04. The quantitative estimate of drug-likeness (QED) is 0.547. The number of benzene rings is 2. The summed E-state index contributed by atoms with van der Waals surface area (Å²) in [6.07, 6.45) is 3.23. The second kappa shape index (κ2) is 10.2. The van der Waals surface area contributed by atoms with Crippen molar-refractivity contribution in [2.45, 2.75) is 26.6 Å². The van der Waals surface area contributed by atoms with Gasteiger partial charge in [-0.25, -0.2) is 4.68 Å². The monoisotopic (exact) mass is 423 g/mol. The maximum atomic E-state index is 12.3. The zero-order valence-electron chi connectivity index (χ0n) is 17.7. The molecule has 1 aromatic heterocycles. The molecule has 0 spiro atoms. The number of hydrogen-bond acceptors (Lipinski definition) is 2. The third-order valence-electron chi connectivity index (χ3n) is 4.73. The number of amides is 1. The Bertz CT molecular complexity index is 1010. The van der Waals surface area contributed by atoms with Gasteiger partial charge < -0.3 is 10.2 Å². The van der Waals surface area contributed by atoms with Gasteiger partial charge in [-0.2, -0.15) is 5.10 Å². The molecule has 0 fully saturated rings. The van der Waals surface area contributed by atoms with Crippen molar-refractivity contribution in [3.8, 4) is 0 Å². The Hall–Kier alpha value is -2.89. The maximum Gasteiger partial charge on any atom is 0.244 e. The van der Waals surface area contributed by atoms with Crippen LogP contribution in [0.2, 0.25) is 5.15 Å². The summed E-state index contributed by atoms with van der Waals surface area (Å²) in [7, 11) is 4.25. The number of nitrogens with one attached hydrogen (secondary N) is 2. The van der Waals surface area contributed by atoms with Crippen LogP contribution in [0, 0.1) is 6.92 Å². The molecular weight excluding hydrogens is 396 g/mol. The van der Waals surface area contributed by atoms with Crippen LogP contribution in [0.5, 0.6) is 0 Å². The van der Waals surface area contributed by atoms with E-state index in [4.69, 9.17) is 11.6 Å². The fourth-order valence-corrected chi connectivity index (χ4v) is 3.51. The number of carbonyl (C=O) groups is 1. The molecule has 6 heteroatoms. The molecule has 0 unspecified atom stereocenters. The fourth-order valence-electron chi connectivity index (χ4n) is 3.21. The minimum Gasteiger partial charge on any atom is -0.348 e. The molecule has 2 aromatic carbocycles. The average Bonchev–Trinajstić information content (AvgIpc) is 2.99. The van der Waals surface area contributed by atoms with Crippen LogP contribution in [0.3, 0.4) is 0 Å². The van der Waals surface area contributed by atoms with Crippen LogP contribution in [0.1, 0.15) is 27.9 Å². The Morgan fingerprint density at radius 2 is 1.73 bits per heavy atom. The normalized spacial score (nSPS) is 11.4. The Labute approximate surface area is 183 Å². The molecule has 0 saturated carbocycles. The zero-order chi connectivity index (χ0) is 21.5. The Morgan fingerprint density at radius 3 is 2.40 bits per heavy atom. The summed E-state index contributed by atoms with van der Waals surface area (Å²) in [5.74, 6) is -0.164. The zero-order valence-corrected chi connectivity index (χ0v) is 18.4. The molecular formula is C24H28ClN4O+. The number of nitrogens with zero attached hydrogens (tertiary/aromatic N) is 2. The van der Waals surface area contributed by atoms with Crippen molar-refractivity contribution in [3.05, 3.63) is 93.8 Å².